The number of benzene rings is 2. The lowest BCUT2D eigenvalue weighted by Crippen LogP contribution is -2.03. The van der Waals surface area contributed by atoms with Crippen molar-refractivity contribution in [3.8, 4) is 11.5 Å². The van der Waals surface area contributed by atoms with Gasteiger partial charge in [-0.3, -0.25) is 4.79 Å². The van der Waals surface area contributed by atoms with Gasteiger partial charge in [-0.25, -0.2) is 0 Å². The number of ketones is 1. The standard InChI is InChI=1S/C17H18O2/c1-13(2)11-17(18)14-7-6-10-16(12-14)19-15-8-4-3-5-9-15/h3-10,12-13H,11H2,1-2H3. The van der Waals surface area contributed by atoms with E-state index >= 15 is 0 Å². The fraction of sp³-hybridized carbons (Fsp3) is 0.235. The summed E-state index contributed by atoms with van der Waals surface area (Å²) >= 11 is 0. The van der Waals surface area contributed by atoms with E-state index in [0.717, 1.165) is 5.75 Å². The fourth-order valence-electron chi connectivity index (χ4n) is 1.85. The van der Waals surface area contributed by atoms with Crippen molar-refractivity contribution >= 4 is 5.78 Å². The molecule has 2 rings (SSSR count). The summed E-state index contributed by atoms with van der Waals surface area (Å²) in [6.45, 7) is 4.09. The van der Waals surface area contributed by atoms with Gasteiger partial charge < -0.3 is 4.74 Å². The van der Waals surface area contributed by atoms with Crippen LogP contribution in [-0.4, -0.2) is 5.78 Å². The van der Waals surface area contributed by atoms with Gasteiger partial charge in [0.05, 0.1) is 0 Å². The van der Waals surface area contributed by atoms with Crippen LogP contribution in [0.15, 0.2) is 54.6 Å². The second kappa shape index (κ2) is 6.19. The third kappa shape index (κ3) is 3.95. The maximum absolute atomic E-state index is 12.0. The lowest BCUT2D eigenvalue weighted by atomic mass is 10.0. The third-order valence-electron chi connectivity index (χ3n) is 2.73. The predicted octanol–water partition coefficient (Wildman–Crippen LogP) is 4.71. The molecule has 0 unspecified atom stereocenters. The molecule has 0 atom stereocenters. The highest BCUT2D eigenvalue weighted by Gasteiger charge is 2.09. The summed E-state index contributed by atoms with van der Waals surface area (Å²) in [5.74, 6) is 2.00. The molecule has 0 radical (unpaired) electrons. The molecule has 0 aliphatic carbocycles. The van der Waals surface area contributed by atoms with E-state index < -0.39 is 0 Å². The summed E-state index contributed by atoms with van der Waals surface area (Å²) in [4.78, 5) is 12.0. The lowest BCUT2D eigenvalue weighted by molar-refractivity contribution is 0.0967. The van der Waals surface area contributed by atoms with Crippen LogP contribution in [0.25, 0.3) is 0 Å². The monoisotopic (exact) mass is 254 g/mol. The van der Waals surface area contributed by atoms with Crippen LogP contribution in [0.4, 0.5) is 0 Å². The molecule has 0 aliphatic heterocycles. The Morgan fingerprint density at radius 1 is 1.00 bits per heavy atom. The van der Waals surface area contributed by atoms with Crippen molar-refractivity contribution < 1.29 is 9.53 Å². The Balaban J connectivity index is 2.13. The van der Waals surface area contributed by atoms with Gasteiger partial charge in [-0.2, -0.15) is 0 Å². The van der Waals surface area contributed by atoms with E-state index in [1.54, 1.807) is 6.07 Å². The van der Waals surface area contributed by atoms with Gasteiger partial charge in [0.1, 0.15) is 11.5 Å². The fourth-order valence-corrected chi connectivity index (χ4v) is 1.85. The molecule has 0 N–H and O–H groups in total. The normalized spacial score (nSPS) is 10.5. The number of hydrogen-bond donors (Lipinski definition) is 0. The Morgan fingerprint density at radius 3 is 2.37 bits per heavy atom. The first-order valence-corrected chi connectivity index (χ1v) is 6.51. The van der Waals surface area contributed by atoms with Gasteiger partial charge in [-0.15, -0.1) is 0 Å². The molecule has 2 aromatic rings. The lowest BCUT2D eigenvalue weighted by Gasteiger charge is -2.08. The van der Waals surface area contributed by atoms with E-state index in [1.165, 1.54) is 0 Å². The van der Waals surface area contributed by atoms with E-state index in [1.807, 2.05) is 62.4 Å². The van der Waals surface area contributed by atoms with Crippen molar-refractivity contribution in [2.24, 2.45) is 5.92 Å². The maximum Gasteiger partial charge on any atom is 0.163 e. The number of ether oxygens (including phenoxy) is 1. The summed E-state index contributed by atoms with van der Waals surface area (Å²) in [6, 6.07) is 16.9. The largest absolute Gasteiger partial charge is 0.457 e. The Labute approximate surface area is 114 Å². The van der Waals surface area contributed by atoms with Crippen molar-refractivity contribution in [1.82, 2.24) is 0 Å². The number of Topliss-reactive ketones (excluding diaryl/α,β-unsaturated/α-hetero) is 1. The second-order valence-corrected chi connectivity index (χ2v) is 4.96. The van der Waals surface area contributed by atoms with Crippen molar-refractivity contribution in [2.75, 3.05) is 0 Å². The molecule has 2 nitrogen and oxygen atoms in total. The van der Waals surface area contributed by atoms with Gasteiger partial charge in [0, 0.05) is 12.0 Å². The van der Waals surface area contributed by atoms with E-state index in [9.17, 15) is 4.79 Å². The number of rotatable bonds is 5. The topological polar surface area (TPSA) is 26.3 Å². The van der Waals surface area contributed by atoms with Gasteiger partial charge in [0.25, 0.3) is 0 Å². The molecule has 0 saturated heterocycles. The summed E-state index contributed by atoms with van der Waals surface area (Å²) in [5, 5.41) is 0. The summed E-state index contributed by atoms with van der Waals surface area (Å²) in [5.41, 5.74) is 0.710. The minimum atomic E-state index is 0.161. The first-order valence-electron chi connectivity index (χ1n) is 6.51. The predicted molar refractivity (Wildman–Crippen MR) is 76.7 cm³/mol. The van der Waals surface area contributed by atoms with Crippen LogP contribution in [0.1, 0.15) is 30.6 Å². The van der Waals surface area contributed by atoms with Gasteiger partial charge in [0.15, 0.2) is 5.78 Å². The molecular formula is C17H18O2. The molecule has 98 valence electrons. The Hall–Kier alpha value is -2.09. The SMILES string of the molecule is CC(C)CC(=O)c1cccc(Oc2ccccc2)c1. The number of hydrogen-bond acceptors (Lipinski definition) is 2. The van der Waals surface area contributed by atoms with Crippen molar-refractivity contribution in [2.45, 2.75) is 20.3 Å². The van der Waals surface area contributed by atoms with E-state index in [2.05, 4.69) is 0 Å². The van der Waals surface area contributed by atoms with Gasteiger partial charge in [-0.05, 0) is 30.2 Å². The van der Waals surface area contributed by atoms with Crippen LogP contribution in [0.5, 0.6) is 11.5 Å². The van der Waals surface area contributed by atoms with Gasteiger partial charge in [0.2, 0.25) is 0 Å². The highest BCUT2D eigenvalue weighted by molar-refractivity contribution is 5.96. The summed E-state index contributed by atoms with van der Waals surface area (Å²) < 4.78 is 5.72. The molecule has 0 aromatic heterocycles. The summed E-state index contributed by atoms with van der Waals surface area (Å²) in [6.07, 6.45) is 0.564. The zero-order valence-electron chi connectivity index (χ0n) is 11.3. The first kappa shape index (κ1) is 13.3. The van der Waals surface area contributed by atoms with Crippen LogP contribution in [0.3, 0.4) is 0 Å². The molecule has 0 fully saturated rings. The van der Waals surface area contributed by atoms with Crippen LogP contribution < -0.4 is 4.74 Å². The van der Waals surface area contributed by atoms with Crippen LogP contribution in [0.2, 0.25) is 0 Å². The molecular weight excluding hydrogens is 236 g/mol. The van der Waals surface area contributed by atoms with E-state index in [0.29, 0.717) is 23.7 Å². The van der Waals surface area contributed by atoms with E-state index in [4.69, 9.17) is 4.74 Å². The average Bonchev–Trinajstić information content (AvgIpc) is 2.39. The third-order valence-corrected chi connectivity index (χ3v) is 2.73. The molecule has 19 heavy (non-hydrogen) atoms. The highest BCUT2D eigenvalue weighted by Crippen LogP contribution is 2.22. The quantitative estimate of drug-likeness (QED) is 0.722. The van der Waals surface area contributed by atoms with E-state index in [-0.39, 0.29) is 5.78 Å². The molecule has 0 aliphatic rings. The number of para-hydroxylation sites is 1. The van der Waals surface area contributed by atoms with Crippen molar-refractivity contribution in [1.29, 1.82) is 0 Å². The van der Waals surface area contributed by atoms with Crippen LogP contribution in [-0.2, 0) is 0 Å². The second-order valence-electron chi connectivity index (χ2n) is 4.96. The van der Waals surface area contributed by atoms with Crippen LogP contribution >= 0.6 is 0 Å². The van der Waals surface area contributed by atoms with Crippen LogP contribution in [0, 0.1) is 5.92 Å². The molecule has 0 heterocycles. The minimum Gasteiger partial charge on any atom is -0.457 e. The van der Waals surface area contributed by atoms with Gasteiger partial charge in [-0.1, -0.05) is 44.2 Å². The zero-order valence-corrected chi connectivity index (χ0v) is 11.3. The molecule has 2 heteroatoms. The molecule has 0 amide bonds. The Bertz CT molecular complexity index is 544. The van der Waals surface area contributed by atoms with Gasteiger partial charge >= 0.3 is 0 Å². The summed E-state index contributed by atoms with van der Waals surface area (Å²) in [7, 11) is 0. The highest BCUT2D eigenvalue weighted by atomic mass is 16.5. The zero-order chi connectivity index (χ0) is 13.7. The van der Waals surface area contributed by atoms with Crippen molar-refractivity contribution in [3.63, 3.8) is 0 Å². The molecule has 0 bridgehead atoms. The smallest absolute Gasteiger partial charge is 0.163 e. The molecule has 0 saturated carbocycles. The average molecular weight is 254 g/mol. The minimum absolute atomic E-state index is 0.161. The first-order chi connectivity index (χ1) is 9.15. The van der Waals surface area contributed by atoms with Crippen molar-refractivity contribution in [3.05, 3.63) is 60.2 Å². The number of carbonyl (C=O) groups excluding carboxylic acids is 1. The molecule has 2 aromatic carbocycles. The number of carbonyl (C=O) groups is 1. The maximum atomic E-state index is 12.0. The molecule has 0 spiro atoms. The Morgan fingerprint density at radius 2 is 1.68 bits per heavy atom. The Kier molecular flexibility index (Phi) is 4.35.